The van der Waals surface area contributed by atoms with Crippen LogP contribution in [-0.2, 0) is 11.4 Å². The Bertz CT molecular complexity index is 653. The molecule has 5 nitrogen and oxygen atoms in total. The van der Waals surface area contributed by atoms with E-state index in [-0.39, 0.29) is 12.4 Å². The fourth-order valence-electron chi connectivity index (χ4n) is 1.84. The molecule has 0 bridgehead atoms. The maximum absolute atomic E-state index is 11.8. The lowest BCUT2D eigenvalue weighted by molar-refractivity contribution is 0.104. The van der Waals surface area contributed by atoms with Crippen LogP contribution in [-0.4, -0.2) is 26.2 Å². The third-order valence-electron chi connectivity index (χ3n) is 3.02. The molecule has 0 atom stereocenters. The highest BCUT2D eigenvalue weighted by Crippen LogP contribution is 2.25. The predicted octanol–water partition coefficient (Wildman–Crippen LogP) is 3.09. The molecule has 0 saturated carbocycles. The smallest absolute Gasteiger partial charge is 0.207 e. The van der Waals surface area contributed by atoms with Crippen molar-refractivity contribution in [2.75, 3.05) is 14.2 Å². The molecule has 0 amide bonds. The van der Waals surface area contributed by atoms with E-state index in [1.807, 2.05) is 12.1 Å². The first-order chi connectivity index (χ1) is 10.7. The number of carbonyl (C=O) groups is 1. The van der Waals surface area contributed by atoms with Gasteiger partial charge in [0.15, 0.2) is 0 Å². The number of hydrogen-bond donors (Lipinski definition) is 0. The van der Waals surface area contributed by atoms with Crippen LogP contribution in [0.5, 0.6) is 11.5 Å². The highest BCUT2D eigenvalue weighted by molar-refractivity contribution is 6.35. The fraction of sp³-hybridized carbons (Fsp3) is 0.176. The van der Waals surface area contributed by atoms with Crippen LogP contribution in [0.15, 0.2) is 53.7 Å². The number of rotatable bonds is 7. The molecule has 0 unspecified atom stereocenters. The molecule has 0 aliphatic carbocycles. The summed E-state index contributed by atoms with van der Waals surface area (Å²) in [7, 11) is 3.16. The van der Waals surface area contributed by atoms with Crippen molar-refractivity contribution >= 4 is 12.0 Å². The number of oxime groups is 1. The van der Waals surface area contributed by atoms with Crippen molar-refractivity contribution in [1.29, 1.82) is 0 Å². The van der Waals surface area contributed by atoms with Gasteiger partial charge in [-0.1, -0.05) is 35.5 Å². The lowest BCUT2D eigenvalue weighted by Crippen LogP contribution is -2.01. The number of nitrogens with zero attached hydrogens (tertiary/aromatic N) is 1. The van der Waals surface area contributed by atoms with E-state index in [4.69, 9.17) is 14.3 Å². The largest absolute Gasteiger partial charge is 0.497 e. The van der Waals surface area contributed by atoms with Crippen molar-refractivity contribution in [3.05, 3.63) is 59.7 Å². The molecule has 0 aromatic heterocycles. The van der Waals surface area contributed by atoms with Crippen molar-refractivity contribution < 1.29 is 19.1 Å². The molecular formula is C17H17NO4. The second-order valence-electron chi connectivity index (χ2n) is 4.42. The zero-order chi connectivity index (χ0) is 15.8. The molecule has 0 N–H and O–H groups in total. The van der Waals surface area contributed by atoms with Crippen LogP contribution in [0.25, 0.3) is 0 Å². The molecule has 0 spiro atoms. The minimum atomic E-state index is -0.206. The maximum Gasteiger partial charge on any atom is 0.207 e. The van der Waals surface area contributed by atoms with Gasteiger partial charge in [-0.2, -0.15) is 0 Å². The van der Waals surface area contributed by atoms with E-state index in [2.05, 4.69) is 5.16 Å². The topological polar surface area (TPSA) is 57.1 Å². The first-order valence-electron chi connectivity index (χ1n) is 6.70. The Morgan fingerprint density at radius 3 is 2.55 bits per heavy atom. The van der Waals surface area contributed by atoms with Gasteiger partial charge in [-0.25, -0.2) is 0 Å². The van der Waals surface area contributed by atoms with Crippen LogP contribution < -0.4 is 9.47 Å². The highest BCUT2D eigenvalue weighted by atomic mass is 16.6. The summed E-state index contributed by atoms with van der Waals surface area (Å²) in [5.74, 6) is 1.13. The van der Waals surface area contributed by atoms with Crippen LogP contribution in [0.1, 0.15) is 15.9 Å². The van der Waals surface area contributed by atoms with Crippen molar-refractivity contribution in [1.82, 2.24) is 0 Å². The molecule has 22 heavy (non-hydrogen) atoms. The zero-order valence-electron chi connectivity index (χ0n) is 12.5. The molecule has 2 aromatic rings. The molecule has 2 aromatic carbocycles. The SMILES string of the molecule is COc1ccc(CO/N=C/C(=O)c2ccccc2)c(OC)c1. The van der Waals surface area contributed by atoms with Gasteiger partial charge in [-0.15, -0.1) is 0 Å². The monoisotopic (exact) mass is 299 g/mol. The van der Waals surface area contributed by atoms with Gasteiger partial charge in [0.25, 0.3) is 0 Å². The van der Waals surface area contributed by atoms with Crippen LogP contribution in [0.4, 0.5) is 0 Å². The molecule has 0 radical (unpaired) electrons. The summed E-state index contributed by atoms with van der Waals surface area (Å²) in [6.07, 6.45) is 1.16. The summed E-state index contributed by atoms with van der Waals surface area (Å²) >= 11 is 0. The Morgan fingerprint density at radius 1 is 1.09 bits per heavy atom. The number of Topliss-reactive ketones (excluding diaryl/α,β-unsaturated/α-hetero) is 1. The highest BCUT2D eigenvalue weighted by Gasteiger charge is 2.05. The van der Waals surface area contributed by atoms with E-state index in [9.17, 15) is 4.79 Å². The first kappa shape index (κ1) is 15.6. The summed E-state index contributed by atoms with van der Waals surface area (Å²) in [6.45, 7) is 0.200. The maximum atomic E-state index is 11.8. The van der Waals surface area contributed by atoms with E-state index >= 15 is 0 Å². The van der Waals surface area contributed by atoms with Gasteiger partial charge in [-0.05, 0) is 12.1 Å². The van der Waals surface area contributed by atoms with Crippen molar-refractivity contribution in [3.8, 4) is 11.5 Å². The molecule has 0 saturated heterocycles. The predicted molar refractivity (Wildman–Crippen MR) is 83.6 cm³/mol. The summed E-state index contributed by atoms with van der Waals surface area (Å²) in [5, 5.41) is 3.70. The van der Waals surface area contributed by atoms with E-state index in [0.717, 1.165) is 11.8 Å². The van der Waals surface area contributed by atoms with Crippen molar-refractivity contribution in [2.45, 2.75) is 6.61 Å². The number of benzene rings is 2. The zero-order valence-corrected chi connectivity index (χ0v) is 12.5. The molecule has 0 heterocycles. The number of hydrogen-bond acceptors (Lipinski definition) is 5. The summed E-state index contributed by atoms with van der Waals surface area (Å²) in [4.78, 5) is 16.9. The van der Waals surface area contributed by atoms with Gasteiger partial charge < -0.3 is 14.3 Å². The molecule has 5 heteroatoms. The Morgan fingerprint density at radius 2 is 1.86 bits per heavy atom. The Labute approximate surface area is 129 Å². The van der Waals surface area contributed by atoms with Gasteiger partial charge in [-0.3, -0.25) is 4.79 Å². The Hall–Kier alpha value is -2.82. The van der Waals surface area contributed by atoms with Gasteiger partial charge in [0.2, 0.25) is 5.78 Å². The molecule has 0 fully saturated rings. The van der Waals surface area contributed by atoms with Gasteiger partial charge in [0, 0.05) is 17.2 Å². The van der Waals surface area contributed by atoms with Crippen LogP contribution >= 0.6 is 0 Å². The van der Waals surface area contributed by atoms with Crippen molar-refractivity contribution in [3.63, 3.8) is 0 Å². The molecule has 0 aliphatic heterocycles. The first-order valence-corrected chi connectivity index (χ1v) is 6.70. The van der Waals surface area contributed by atoms with E-state index in [0.29, 0.717) is 17.1 Å². The standard InChI is InChI=1S/C17H17NO4/c1-20-15-9-8-14(17(10-15)21-2)12-22-18-11-16(19)13-6-4-3-5-7-13/h3-11H,12H2,1-2H3/b18-11+. The van der Waals surface area contributed by atoms with E-state index < -0.39 is 0 Å². The molecule has 2 rings (SSSR count). The fourth-order valence-corrected chi connectivity index (χ4v) is 1.84. The lowest BCUT2D eigenvalue weighted by atomic mass is 10.1. The van der Waals surface area contributed by atoms with Crippen LogP contribution in [0, 0.1) is 0 Å². The Kier molecular flexibility index (Phi) is 5.54. The summed E-state index contributed by atoms with van der Waals surface area (Å²) in [6, 6.07) is 14.3. The normalized spacial score (nSPS) is 10.5. The van der Waals surface area contributed by atoms with Crippen LogP contribution in [0.3, 0.4) is 0 Å². The van der Waals surface area contributed by atoms with E-state index in [1.165, 1.54) is 0 Å². The number of ketones is 1. The number of methoxy groups -OCH3 is 2. The summed E-state index contributed by atoms with van der Waals surface area (Å²) in [5.41, 5.74) is 1.38. The number of ether oxygens (including phenoxy) is 2. The second kappa shape index (κ2) is 7.83. The average molecular weight is 299 g/mol. The minimum absolute atomic E-state index is 0.200. The van der Waals surface area contributed by atoms with Gasteiger partial charge in [0.1, 0.15) is 24.3 Å². The van der Waals surface area contributed by atoms with Gasteiger partial charge in [0.05, 0.1) is 14.2 Å². The lowest BCUT2D eigenvalue weighted by Gasteiger charge is -2.09. The van der Waals surface area contributed by atoms with Crippen molar-refractivity contribution in [2.24, 2.45) is 5.16 Å². The average Bonchev–Trinajstić information content (AvgIpc) is 2.59. The molecule has 0 aliphatic rings. The second-order valence-corrected chi connectivity index (χ2v) is 4.42. The molecule has 114 valence electrons. The molecular weight excluding hydrogens is 282 g/mol. The third-order valence-corrected chi connectivity index (χ3v) is 3.02. The summed E-state index contributed by atoms with van der Waals surface area (Å²) < 4.78 is 10.4. The quantitative estimate of drug-likeness (QED) is 0.448. The van der Waals surface area contributed by atoms with Crippen LogP contribution in [0.2, 0.25) is 0 Å². The van der Waals surface area contributed by atoms with E-state index in [1.54, 1.807) is 50.6 Å². The number of carbonyl (C=O) groups excluding carboxylic acids is 1. The minimum Gasteiger partial charge on any atom is -0.497 e. The van der Waals surface area contributed by atoms with Gasteiger partial charge >= 0.3 is 0 Å². The third kappa shape index (κ3) is 4.09. The Balaban J connectivity index is 1.93.